The highest BCUT2D eigenvalue weighted by atomic mass is 32.1. The number of aryl methyl sites for hydroxylation is 1. The van der Waals surface area contributed by atoms with E-state index in [1.807, 2.05) is 18.4 Å². The summed E-state index contributed by atoms with van der Waals surface area (Å²) in [4.78, 5) is 2.77. The van der Waals surface area contributed by atoms with Crippen LogP contribution in [0.3, 0.4) is 0 Å². The van der Waals surface area contributed by atoms with Crippen molar-refractivity contribution < 1.29 is 4.74 Å². The predicted molar refractivity (Wildman–Crippen MR) is 59.8 cm³/mol. The molecule has 2 heterocycles. The Labute approximate surface area is 89.3 Å². The molecule has 1 N–H and O–H groups in total. The maximum atomic E-state index is 5.95. The molecule has 0 spiro atoms. The van der Waals surface area contributed by atoms with Crippen LogP contribution in [0.1, 0.15) is 28.7 Å². The van der Waals surface area contributed by atoms with Gasteiger partial charge in [-0.1, -0.05) is 0 Å². The van der Waals surface area contributed by atoms with E-state index in [1.165, 1.54) is 22.6 Å². The fourth-order valence-corrected chi connectivity index (χ4v) is 2.87. The number of hydrogen-bond donors (Lipinski definition) is 1. The molecule has 2 unspecified atom stereocenters. The van der Waals surface area contributed by atoms with Crippen molar-refractivity contribution in [3.8, 4) is 0 Å². The first-order valence-electron chi connectivity index (χ1n) is 5.16. The van der Waals surface area contributed by atoms with Crippen LogP contribution in [0.2, 0.25) is 0 Å². The molecule has 3 heteroatoms. The third-order valence-corrected chi connectivity index (χ3v) is 3.71. The van der Waals surface area contributed by atoms with Crippen LogP contribution in [-0.4, -0.2) is 19.7 Å². The monoisotopic (exact) mass is 211 g/mol. The lowest BCUT2D eigenvalue weighted by molar-refractivity contribution is 0.0480. The van der Waals surface area contributed by atoms with E-state index in [0.29, 0.717) is 12.2 Å². The average Bonchev–Trinajstić information content (AvgIpc) is 2.74. The van der Waals surface area contributed by atoms with Crippen molar-refractivity contribution in [2.24, 2.45) is 0 Å². The van der Waals surface area contributed by atoms with Gasteiger partial charge in [0.25, 0.3) is 0 Å². The standard InChI is InChI=1S/C11H17NOS/c1-8-3-6-11(14-8)10-5-4-9(13-10)7-12-2/h3,6,9-10,12H,4-5,7H2,1-2H3. The van der Waals surface area contributed by atoms with E-state index in [-0.39, 0.29) is 0 Å². The summed E-state index contributed by atoms with van der Waals surface area (Å²) < 4.78 is 5.95. The molecule has 1 aliphatic heterocycles. The summed E-state index contributed by atoms with van der Waals surface area (Å²) in [6, 6.07) is 4.38. The molecule has 2 atom stereocenters. The predicted octanol–water partition coefficient (Wildman–Crippen LogP) is 2.50. The van der Waals surface area contributed by atoms with E-state index < -0.39 is 0 Å². The Morgan fingerprint density at radius 2 is 2.36 bits per heavy atom. The van der Waals surface area contributed by atoms with Crippen LogP contribution in [0.15, 0.2) is 12.1 Å². The number of ether oxygens (including phenoxy) is 1. The van der Waals surface area contributed by atoms with Crippen molar-refractivity contribution in [3.63, 3.8) is 0 Å². The molecule has 1 fully saturated rings. The van der Waals surface area contributed by atoms with E-state index >= 15 is 0 Å². The molecule has 0 radical (unpaired) electrons. The maximum absolute atomic E-state index is 5.95. The van der Waals surface area contributed by atoms with Gasteiger partial charge in [-0.15, -0.1) is 11.3 Å². The van der Waals surface area contributed by atoms with Gasteiger partial charge >= 0.3 is 0 Å². The van der Waals surface area contributed by atoms with Crippen molar-refractivity contribution in [3.05, 3.63) is 21.9 Å². The van der Waals surface area contributed by atoms with E-state index in [1.54, 1.807) is 0 Å². The first-order chi connectivity index (χ1) is 6.79. The van der Waals surface area contributed by atoms with Crippen LogP contribution in [0, 0.1) is 6.92 Å². The molecule has 0 amide bonds. The molecule has 2 rings (SSSR count). The molecule has 0 aromatic carbocycles. The SMILES string of the molecule is CNCC1CCC(c2ccc(C)s2)O1. The Morgan fingerprint density at radius 1 is 1.50 bits per heavy atom. The van der Waals surface area contributed by atoms with E-state index in [2.05, 4.69) is 24.4 Å². The molecular weight excluding hydrogens is 194 g/mol. The number of nitrogens with one attached hydrogen (secondary N) is 1. The highest BCUT2D eigenvalue weighted by Gasteiger charge is 2.26. The lowest BCUT2D eigenvalue weighted by Gasteiger charge is -2.11. The van der Waals surface area contributed by atoms with Crippen LogP contribution >= 0.6 is 11.3 Å². The lowest BCUT2D eigenvalue weighted by Crippen LogP contribution is -2.22. The molecule has 1 aromatic heterocycles. The number of thiophene rings is 1. The highest BCUT2D eigenvalue weighted by Crippen LogP contribution is 2.35. The van der Waals surface area contributed by atoms with Crippen LogP contribution in [0.25, 0.3) is 0 Å². The van der Waals surface area contributed by atoms with Crippen molar-refractivity contribution in [2.45, 2.75) is 32.0 Å². The van der Waals surface area contributed by atoms with Gasteiger partial charge in [0.05, 0.1) is 12.2 Å². The summed E-state index contributed by atoms with van der Waals surface area (Å²) in [7, 11) is 1.98. The van der Waals surface area contributed by atoms with Gasteiger partial charge in [0.15, 0.2) is 0 Å². The Morgan fingerprint density at radius 3 is 3.00 bits per heavy atom. The maximum Gasteiger partial charge on any atom is 0.0922 e. The molecule has 0 bridgehead atoms. The molecular formula is C11H17NOS. The summed E-state index contributed by atoms with van der Waals surface area (Å²) in [5, 5.41) is 3.17. The highest BCUT2D eigenvalue weighted by molar-refractivity contribution is 7.12. The van der Waals surface area contributed by atoms with Crippen LogP contribution in [-0.2, 0) is 4.74 Å². The fraction of sp³-hybridized carbons (Fsp3) is 0.636. The minimum absolute atomic E-state index is 0.354. The van der Waals surface area contributed by atoms with Gasteiger partial charge in [-0.2, -0.15) is 0 Å². The molecule has 1 aliphatic rings. The Balaban J connectivity index is 1.95. The summed E-state index contributed by atoms with van der Waals surface area (Å²) in [6.45, 7) is 3.12. The molecule has 2 nitrogen and oxygen atoms in total. The number of likely N-dealkylation sites (N-methyl/N-ethyl adjacent to an activating group) is 1. The van der Waals surface area contributed by atoms with Crippen molar-refractivity contribution in [1.29, 1.82) is 0 Å². The number of hydrogen-bond acceptors (Lipinski definition) is 3. The van der Waals surface area contributed by atoms with Gasteiger partial charge in [0.1, 0.15) is 0 Å². The van der Waals surface area contributed by atoms with Gasteiger partial charge in [-0.25, -0.2) is 0 Å². The zero-order chi connectivity index (χ0) is 9.97. The summed E-state index contributed by atoms with van der Waals surface area (Å²) in [5.74, 6) is 0. The third kappa shape index (κ3) is 2.16. The van der Waals surface area contributed by atoms with E-state index in [9.17, 15) is 0 Å². The summed E-state index contributed by atoms with van der Waals surface area (Å²) >= 11 is 1.86. The van der Waals surface area contributed by atoms with Gasteiger partial charge in [0.2, 0.25) is 0 Å². The van der Waals surface area contributed by atoms with Crippen LogP contribution < -0.4 is 5.32 Å². The van der Waals surface area contributed by atoms with Gasteiger partial charge < -0.3 is 10.1 Å². The summed E-state index contributed by atoms with van der Waals surface area (Å²) in [5.41, 5.74) is 0. The smallest absolute Gasteiger partial charge is 0.0922 e. The number of rotatable bonds is 3. The summed E-state index contributed by atoms with van der Waals surface area (Å²) in [6.07, 6.45) is 3.12. The van der Waals surface area contributed by atoms with Crippen LogP contribution in [0.4, 0.5) is 0 Å². The Bertz CT molecular complexity index is 297. The normalized spacial score (nSPS) is 27.0. The second-order valence-electron chi connectivity index (χ2n) is 3.83. The van der Waals surface area contributed by atoms with Crippen molar-refractivity contribution >= 4 is 11.3 Å². The second-order valence-corrected chi connectivity index (χ2v) is 5.15. The quantitative estimate of drug-likeness (QED) is 0.829. The first kappa shape index (κ1) is 10.1. The molecule has 0 saturated carbocycles. The van der Waals surface area contributed by atoms with Gasteiger partial charge in [-0.05, 0) is 38.9 Å². The topological polar surface area (TPSA) is 21.3 Å². The Hall–Kier alpha value is -0.380. The minimum Gasteiger partial charge on any atom is -0.368 e. The largest absolute Gasteiger partial charge is 0.368 e. The van der Waals surface area contributed by atoms with Crippen molar-refractivity contribution in [1.82, 2.24) is 5.32 Å². The second kappa shape index (κ2) is 4.43. The van der Waals surface area contributed by atoms with Gasteiger partial charge in [-0.3, -0.25) is 0 Å². The van der Waals surface area contributed by atoms with E-state index in [4.69, 9.17) is 4.74 Å². The zero-order valence-corrected chi connectivity index (χ0v) is 9.56. The first-order valence-corrected chi connectivity index (χ1v) is 5.97. The molecule has 0 aliphatic carbocycles. The fourth-order valence-electron chi connectivity index (χ4n) is 1.92. The van der Waals surface area contributed by atoms with Crippen molar-refractivity contribution in [2.75, 3.05) is 13.6 Å². The van der Waals surface area contributed by atoms with Crippen LogP contribution in [0.5, 0.6) is 0 Å². The molecule has 14 heavy (non-hydrogen) atoms. The lowest BCUT2D eigenvalue weighted by atomic mass is 10.2. The average molecular weight is 211 g/mol. The minimum atomic E-state index is 0.354. The zero-order valence-electron chi connectivity index (χ0n) is 8.75. The molecule has 78 valence electrons. The third-order valence-electron chi connectivity index (χ3n) is 2.62. The van der Waals surface area contributed by atoms with Gasteiger partial charge in [0, 0.05) is 16.3 Å². The molecule has 1 aromatic rings. The van der Waals surface area contributed by atoms with E-state index in [0.717, 1.165) is 6.54 Å². The molecule has 1 saturated heterocycles. The Kier molecular flexibility index (Phi) is 3.21.